The van der Waals surface area contributed by atoms with Crippen molar-refractivity contribution < 1.29 is 4.74 Å². The molecule has 0 spiro atoms. The number of methoxy groups -OCH3 is 1. The van der Waals surface area contributed by atoms with Crippen LogP contribution in [0.4, 0.5) is 0 Å². The first-order chi connectivity index (χ1) is 7.83. The van der Waals surface area contributed by atoms with E-state index in [0.29, 0.717) is 12.0 Å². The van der Waals surface area contributed by atoms with Gasteiger partial charge in [0.2, 0.25) is 0 Å². The summed E-state index contributed by atoms with van der Waals surface area (Å²) < 4.78 is 5.14. The van der Waals surface area contributed by atoms with Crippen LogP contribution in [0.15, 0.2) is 30.3 Å². The Morgan fingerprint density at radius 1 is 1.38 bits per heavy atom. The molecule has 0 radical (unpaired) electrons. The Labute approximate surface area is 97.0 Å². The second kappa shape index (κ2) is 5.43. The van der Waals surface area contributed by atoms with Crippen molar-refractivity contribution >= 4 is 0 Å². The number of ether oxygens (including phenoxy) is 1. The largest absolute Gasteiger partial charge is 0.385 e. The quantitative estimate of drug-likeness (QED) is 0.799. The molecule has 3 N–H and O–H groups in total. The number of hydrogen-bond donors (Lipinski definition) is 2. The molecule has 0 aromatic heterocycles. The maximum absolute atomic E-state index is 6.17. The predicted molar refractivity (Wildman–Crippen MR) is 65.4 cm³/mol. The van der Waals surface area contributed by atoms with Crippen molar-refractivity contribution in [1.82, 2.24) is 5.32 Å². The molecule has 0 bridgehead atoms. The predicted octanol–water partition coefficient (Wildman–Crippen LogP) is 1.11. The zero-order valence-electron chi connectivity index (χ0n) is 9.73. The van der Waals surface area contributed by atoms with Crippen LogP contribution in [-0.4, -0.2) is 32.3 Å². The van der Waals surface area contributed by atoms with Crippen molar-refractivity contribution in [2.24, 2.45) is 5.73 Å². The zero-order chi connectivity index (χ0) is 11.4. The summed E-state index contributed by atoms with van der Waals surface area (Å²) in [6, 6.07) is 11.2. The minimum Gasteiger partial charge on any atom is -0.385 e. The molecule has 3 heteroatoms. The van der Waals surface area contributed by atoms with Gasteiger partial charge in [-0.2, -0.15) is 0 Å². The molecule has 0 saturated carbocycles. The fourth-order valence-corrected chi connectivity index (χ4v) is 2.52. The molecule has 1 saturated heterocycles. The van der Waals surface area contributed by atoms with Gasteiger partial charge in [-0.3, -0.25) is 0 Å². The lowest BCUT2D eigenvalue weighted by Crippen LogP contribution is -2.30. The topological polar surface area (TPSA) is 47.3 Å². The van der Waals surface area contributed by atoms with Crippen LogP contribution in [0.5, 0.6) is 0 Å². The standard InChI is InChI=1S/C13H20N2O/c1-16-8-7-12-13(11(14)9-15-12)10-5-3-2-4-6-10/h2-6,11-13,15H,7-9,14H2,1H3. The highest BCUT2D eigenvalue weighted by molar-refractivity contribution is 5.25. The Kier molecular flexibility index (Phi) is 3.93. The fraction of sp³-hybridized carbons (Fsp3) is 0.538. The molecule has 1 heterocycles. The van der Waals surface area contributed by atoms with Crippen molar-refractivity contribution in [2.45, 2.75) is 24.4 Å². The highest BCUT2D eigenvalue weighted by Crippen LogP contribution is 2.28. The van der Waals surface area contributed by atoms with Crippen LogP contribution in [0.2, 0.25) is 0 Å². The Hall–Kier alpha value is -0.900. The molecular formula is C13H20N2O. The molecule has 1 aliphatic rings. The number of rotatable bonds is 4. The van der Waals surface area contributed by atoms with Crippen LogP contribution in [0, 0.1) is 0 Å². The van der Waals surface area contributed by atoms with Gasteiger partial charge in [0.1, 0.15) is 0 Å². The fourth-order valence-electron chi connectivity index (χ4n) is 2.52. The van der Waals surface area contributed by atoms with Crippen LogP contribution in [-0.2, 0) is 4.74 Å². The van der Waals surface area contributed by atoms with E-state index in [2.05, 4.69) is 29.6 Å². The minimum absolute atomic E-state index is 0.212. The van der Waals surface area contributed by atoms with Gasteiger partial charge in [0.05, 0.1) is 0 Å². The normalized spacial score (nSPS) is 29.5. The molecule has 0 amide bonds. The summed E-state index contributed by atoms with van der Waals surface area (Å²) in [5, 5.41) is 3.48. The Bertz CT molecular complexity index is 315. The van der Waals surface area contributed by atoms with Crippen molar-refractivity contribution in [3.05, 3.63) is 35.9 Å². The van der Waals surface area contributed by atoms with E-state index in [9.17, 15) is 0 Å². The summed E-state index contributed by atoms with van der Waals surface area (Å²) in [5.74, 6) is 0.413. The molecule has 1 fully saturated rings. The molecule has 3 nitrogen and oxygen atoms in total. The molecule has 2 rings (SSSR count). The lowest BCUT2D eigenvalue weighted by atomic mass is 9.88. The van der Waals surface area contributed by atoms with Crippen molar-refractivity contribution in [3.8, 4) is 0 Å². The second-order valence-electron chi connectivity index (χ2n) is 4.40. The first kappa shape index (κ1) is 11.6. The molecule has 1 aliphatic heterocycles. The van der Waals surface area contributed by atoms with Gasteiger partial charge < -0.3 is 15.8 Å². The lowest BCUT2D eigenvalue weighted by molar-refractivity contribution is 0.183. The van der Waals surface area contributed by atoms with Crippen LogP contribution in [0.25, 0.3) is 0 Å². The average Bonchev–Trinajstić information content (AvgIpc) is 2.69. The number of nitrogens with one attached hydrogen (secondary N) is 1. The van der Waals surface area contributed by atoms with Crippen LogP contribution in [0.3, 0.4) is 0 Å². The van der Waals surface area contributed by atoms with Crippen molar-refractivity contribution in [3.63, 3.8) is 0 Å². The molecule has 3 atom stereocenters. The van der Waals surface area contributed by atoms with Crippen molar-refractivity contribution in [2.75, 3.05) is 20.3 Å². The third-order valence-corrected chi connectivity index (χ3v) is 3.33. The number of hydrogen-bond acceptors (Lipinski definition) is 3. The van der Waals surface area contributed by atoms with Gasteiger partial charge in [-0.05, 0) is 12.0 Å². The van der Waals surface area contributed by atoms with E-state index in [1.807, 2.05) is 6.07 Å². The first-order valence-corrected chi connectivity index (χ1v) is 5.86. The van der Waals surface area contributed by atoms with Crippen LogP contribution < -0.4 is 11.1 Å². The van der Waals surface area contributed by atoms with E-state index >= 15 is 0 Å². The summed E-state index contributed by atoms with van der Waals surface area (Å²) in [5.41, 5.74) is 7.50. The monoisotopic (exact) mass is 220 g/mol. The van der Waals surface area contributed by atoms with E-state index in [0.717, 1.165) is 19.6 Å². The Morgan fingerprint density at radius 3 is 2.81 bits per heavy atom. The maximum atomic E-state index is 6.17. The summed E-state index contributed by atoms with van der Waals surface area (Å²) in [4.78, 5) is 0. The van der Waals surface area contributed by atoms with E-state index in [-0.39, 0.29) is 6.04 Å². The molecule has 16 heavy (non-hydrogen) atoms. The molecular weight excluding hydrogens is 200 g/mol. The minimum atomic E-state index is 0.212. The highest BCUT2D eigenvalue weighted by Gasteiger charge is 2.33. The third kappa shape index (κ3) is 2.43. The summed E-state index contributed by atoms with van der Waals surface area (Å²) >= 11 is 0. The molecule has 1 aromatic rings. The third-order valence-electron chi connectivity index (χ3n) is 3.33. The second-order valence-corrected chi connectivity index (χ2v) is 4.40. The summed E-state index contributed by atoms with van der Waals surface area (Å²) in [6.07, 6.45) is 1.02. The molecule has 1 aromatic carbocycles. The first-order valence-electron chi connectivity index (χ1n) is 5.86. The van der Waals surface area contributed by atoms with Gasteiger partial charge in [0.25, 0.3) is 0 Å². The SMILES string of the molecule is COCCC1NCC(N)C1c1ccccc1. The smallest absolute Gasteiger partial charge is 0.0477 e. The van der Waals surface area contributed by atoms with E-state index < -0.39 is 0 Å². The molecule has 3 unspecified atom stereocenters. The van der Waals surface area contributed by atoms with Gasteiger partial charge in [0, 0.05) is 38.3 Å². The van der Waals surface area contributed by atoms with Gasteiger partial charge in [-0.25, -0.2) is 0 Å². The highest BCUT2D eigenvalue weighted by atomic mass is 16.5. The number of nitrogens with two attached hydrogens (primary N) is 1. The van der Waals surface area contributed by atoms with Crippen LogP contribution >= 0.6 is 0 Å². The van der Waals surface area contributed by atoms with Gasteiger partial charge >= 0.3 is 0 Å². The maximum Gasteiger partial charge on any atom is 0.0477 e. The van der Waals surface area contributed by atoms with Gasteiger partial charge in [0.15, 0.2) is 0 Å². The lowest BCUT2D eigenvalue weighted by Gasteiger charge is -2.22. The number of benzene rings is 1. The van der Waals surface area contributed by atoms with E-state index in [1.54, 1.807) is 7.11 Å². The van der Waals surface area contributed by atoms with E-state index in [4.69, 9.17) is 10.5 Å². The van der Waals surface area contributed by atoms with Gasteiger partial charge in [-0.15, -0.1) is 0 Å². The summed E-state index contributed by atoms with van der Waals surface area (Å²) in [6.45, 7) is 1.68. The van der Waals surface area contributed by atoms with E-state index in [1.165, 1.54) is 5.56 Å². The average molecular weight is 220 g/mol. The molecule has 88 valence electrons. The Morgan fingerprint density at radius 2 is 2.12 bits per heavy atom. The van der Waals surface area contributed by atoms with Crippen molar-refractivity contribution in [1.29, 1.82) is 0 Å². The van der Waals surface area contributed by atoms with Crippen LogP contribution in [0.1, 0.15) is 17.9 Å². The Balaban J connectivity index is 2.10. The zero-order valence-corrected chi connectivity index (χ0v) is 9.73. The molecule has 0 aliphatic carbocycles. The van der Waals surface area contributed by atoms with Gasteiger partial charge in [-0.1, -0.05) is 30.3 Å². The summed E-state index contributed by atoms with van der Waals surface area (Å²) in [7, 11) is 1.74.